The lowest BCUT2D eigenvalue weighted by Gasteiger charge is -2.11. The molecule has 3 heteroatoms. The quantitative estimate of drug-likeness (QED) is 0.159. The van der Waals surface area contributed by atoms with E-state index in [1.54, 1.807) is 0 Å². The summed E-state index contributed by atoms with van der Waals surface area (Å²) < 4.78 is 0. The third-order valence-corrected chi connectivity index (χ3v) is 9.78. The molecule has 0 aliphatic carbocycles. The zero-order valence-electron chi connectivity index (χ0n) is 29.5. The maximum Gasteiger partial charge on any atom is 0.164 e. The fraction of sp³-hybridized carbons (Fsp3) is 0. The van der Waals surface area contributed by atoms with Crippen molar-refractivity contribution >= 4 is 0 Å². The molecule has 0 saturated heterocycles. The van der Waals surface area contributed by atoms with Crippen LogP contribution in [0.5, 0.6) is 0 Å². The maximum atomic E-state index is 5.02. The van der Waals surface area contributed by atoms with E-state index in [0.29, 0.717) is 17.5 Å². The summed E-state index contributed by atoms with van der Waals surface area (Å²) in [6.45, 7) is 0. The smallest absolute Gasteiger partial charge is 0.164 e. The van der Waals surface area contributed by atoms with E-state index in [1.165, 1.54) is 33.4 Å². The standard InChI is InChI=1S/C51H35N3/c1-4-12-36(13-5-1)38-22-24-39(25-23-38)47-20-11-21-48(35-47)41-28-32-44(33-29-41)51-53-49(42-16-8-3-9-17-42)52-50(54-51)43-30-26-40(27-31-43)46-19-10-18-45(34-46)37-14-6-2-7-15-37/h1-35H. The highest BCUT2D eigenvalue weighted by Gasteiger charge is 2.13. The summed E-state index contributed by atoms with van der Waals surface area (Å²) in [6, 6.07) is 74.2. The first-order valence-electron chi connectivity index (χ1n) is 18.2. The van der Waals surface area contributed by atoms with Crippen molar-refractivity contribution in [3.63, 3.8) is 0 Å². The Morgan fingerprint density at radius 3 is 0.704 bits per heavy atom. The number of benzene rings is 8. The molecule has 1 aromatic heterocycles. The molecular formula is C51H35N3. The summed E-state index contributed by atoms with van der Waals surface area (Å²) in [5, 5.41) is 0. The normalized spacial score (nSPS) is 11.0. The Bertz CT molecular complexity index is 2650. The second kappa shape index (κ2) is 14.8. The molecule has 0 saturated carbocycles. The highest BCUT2D eigenvalue weighted by atomic mass is 15.0. The molecule has 0 fully saturated rings. The van der Waals surface area contributed by atoms with Crippen molar-refractivity contribution in [1.82, 2.24) is 15.0 Å². The van der Waals surface area contributed by atoms with Gasteiger partial charge < -0.3 is 0 Å². The van der Waals surface area contributed by atoms with E-state index >= 15 is 0 Å². The lowest BCUT2D eigenvalue weighted by atomic mass is 9.97. The molecule has 8 aromatic carbocycles. The topological polar surface area (TPSA) is 38.7 Å². The molecule has 0 spiro atoms. The van der Waals surface area contributed by atoms with Crippen LogP contribution in [0.25, 0.3) is 89.8 Å². The Morgan fingerprint density at radius 2 is 0.370 bits per heavy atom. The molecule has 0 atom stereocenters. The SMILES string of the molecule is c1ccc(-c2ccc(-c3cccc(-c4ccc(-c5nc(-c6ccccc6)nc(-c6ccc(-c7cccc(-c8ccccc8)c7)cc6)n5)cc4)c3)cc2)cc1. The minimum absolute atomic E-state index is 0.636. The predicted molar refractivity (Wildman–Crippen MR) is 223 cm³/mol. The van der Waals surface area contributed by atoms with Crippen molar-refractivity contribution in [1.29, 1.82) is 0 Å². The van der Waals surface area contributed by atoms with E-state index in [2.05, 4.69) is 170 Å². The van der Waals surface area contributed by atoms with Crippen LogP contribution in [0.4, 0.5) is 0 Å². The minimum Gasteiger partial charge on any atom is -0.208 e. The summed E-state index contributed by atoms with van der Waals surface area (Å²) >= 11 is 0. The van der Waals surface area contributed by atoms with Gasteiger partial charge in [0.25, 0.3) is 0 Å². The van der Waals surface area contributed by atoms with Crippen LogP contribution >= 0.6 is 0 Å². The van der Waals surface area contributed by atoms with Crippen LogP contribution in [0.1, 0.15) is 0 Å². The molecule has 0 radical (unpaired) electrons. The monoisotopic (exact) mass is 689 g/mol. The Morgan fingerprint density at radius 1 is 0.167 bits per heavy atom. The zero-order valence-corrected chi connectivity index (χ0v) is 29.5. The minimum atomic E-state index is 0.636. The average molecular weight is 690 g/mol. The summed E-state index contributed by atoms with van der Waals surface area (Å²) in [7, 11) is 0. The molecule has 9 rings (SSSR count). The van der Waals surface area contributed by atoms with Gasteiger partial charge >= 0.3 is 0 Å². The van der Waals surface area contributed by atoms with Gasteiger partial charge in [-0.05, 0) is 67.8 Å². The van der Waals surface area contributed by atoms with Crippen molar-refractivity contribution in [2.24, 2.45) is 0 Å². The van der Waals surface area contributed by atoms with E-state index in [-0.39, 0.29) is 0 Å². The van der Waals surface area contributed by atoms with Gasteiger partial charge in [-0.15, -0.1) is 0 Å². The molecule has 0 aliphatic rings. The Kier molecular flexibility index (Phi) is 8.94. The molecule has 254 valence electrons. The van der Waals surface area contributed by atoms with Gasteiger partial charge in [-0.3, -0.25) is 0 Å². The van der Waals surface area contributed by atoms with Crippen LogP contribution in [0.15, 0.2) is 212 Å². The first-order chi connectivity index (χ1) is 26.7. The lowest BCUT2D eigenvalue weighted by Crippen LogP contribution is -2.00. The number of aromatic nitrogens is 3. The lowest BCUT2D eigenvalue weighted by molar-refractivity contribution is 1.07. The van der Waals surface area contributed by atoms with Crippen LogP contribution in [0.2, 0.25) is 0 Å². The molecule has 0 amide bonds. The van der Waals surface area contributed by atoms with Crippen molar-refractivity contribution < 1.29 is 0 Å². The average Bonchev–Trinajstić information content (AvgIpc) is 3.27. The third-order valence-electron chi connectivity index (χ3n) is 9.78. The maximum absolute atomic E-state index is 5.02. The number of nitrogens with zero attached hydrogens (tertiary/aromatic N) is 3. The number of rotatable bonds is 8. The van der Waals surface area contributed by atoms with Crippen molar-refractivity contribution in [3.8, 4) is 89.8 Å². The molecule has 0 unspecified atom stereocenters. The summed E-state index contributed by atoms with van der Waals surface area (Å²) in [4.78, 5) is 14.9. The second-order valence-electron chi connectivity index (χ2n) is 13.3. The fourth-order valence-electron chi connectivity index (χ4n) is 6.85. The van der Waals surface area contributed by atoms with Gasteiger partial charge in [-0.1, -0.05) is 200 Å². The number of hydrogen-bond donors (Lipinski definition) is 0. The van der Waals surface area contributed by atoms with E-state index < -0.39 is 0 Å². The Hall–Kier alpha value is -7.23. The van der Waals surface area contributed by atoms with E-state index in [0.717, 1.165) is 38.9 Å². The second-order valence-corrected chi connectivity index (χ2v) is 13.3. The van der Waals surface area contributed by atoms with Gasteiger partial charge in [0, 0.05) is 16.7 Å². The zero-order chi connectivity index (χ0) is 36.1. The largest absolute Gasteiger partial charge is 0.208 e. The molecule has 1 heterocycles. The van der Waals surface area contributed by atoms with Crippen molar-refractivity contribution in [2.75, 3.05) is 0 Å². The predicted octanol–water partition coefficient (Wildman–Crippen LogP) is 13.2. The highest BCUT2D eigenvalue weighted by molar-refractivity contribution is 5.78. The van der Waals surface area contributed by atoms with E-state index in [9.17, 15) is 0 Å². The summed E-state index contributed by atoms with van der Waals surface area (Å²) in [5.74, 6) is 1.92. The number of hydrogen-bond acceptors (Lipinski definition) is 3. The fourth-order valence-corrected chi connectivity index (χ4v) is 6.85. The van der Waals surface area contributed by atoms with Gasteiger partial charge in [0.1, 0.15) is 0 Å². The van der Waals surface area contributed by atoms with Gasteiger partial charge in [-0.2, -0.15) is 0 Å². The Labute approximate surface area is 316 Å². The molecule has 54 heavy (non-hydrogen) atoms. The van der Waals surface area contributed by atoms with E-state index in [1.807, 2.05) is 42.5 Å². The van der Waals surface area contributed by atoms with Crippen LogP contribution in [-0.4, -0.2) is 15.0 Å². The molecule has 0 aliphatic heterocycles. The van der Waals surface area contributed by atoms with Crippen LogP contribution in [-0.2, 0) is 0 Å². The summed E-state index contributed by atoms with van der Waals surface area (Å²) in [6.07, 6.45) is 0. The first-order valence-corrected chi connectivity index (χ1v) is 18.2. The van der Waals surface area contributed by atoms with Gasteiger partial charge in [0.2, 0.25) is 0 Å². The molecule has 3 nitrogen and oxygen atoms in total. The first kappa shape index (κ1) is 32.7. The molecule has 9 aromatic rings. The van der Waals surface area contributed by atoms with Crippen LogP contribution in [0.3, 0.4) is 0 Å². The van der Waals surface area contributed by atoms with Gasteiger partial charge in [0.15, 0.2) is 17.5 Å². The van der Waals surface area contributed by atoms with Crippen LogP contribution in [0, 0.1) is 0 Å². The molecular weight excluding hydrogens is 655 g/mol. The third kappa shape index (κ3) is 6.99. The van der Waals surface area contributed by atoms with Crippen molar-refractivity contribution in [2.45, 2.75) is 0 Å². The Balaban J connectivity index is 1.01. The van der Waals surface area contributed by atoms with Crippen molar-refractivity contribution in [3.05, 3.63) is 212 Å². The van der Waals surface area contributed by atoms with Crippen LogP contribution < -0.4 is 0 Å². The van der Waals surface area contributed by atoms with Gasteiger partial charge in [0.05, 0.1) is 0 Å². The summed E-state index contributed by atoms with van der Waals surface area (Å²) in [5.41, 5.74) is 14.6. The van der Waals surface area contributed by atoms with E-state index in [4.69, 9.17) is 15.0 Å². The molecule has 0 bridgehead atoms. The highest BCUT2D eigenvalue weighted by Crippen LogP contribution is 2.32. The molecule has 0 N–H and O–H groups in total. The van der Waals surface area contributed by atoms with Gasteiger partial charge in [-0.25, -0.2) is 15.0 Å².